The lowest BCUT2D eigenvalue weighted by molar-refractivity contribution is 0.163. The molecule has 0 spiro atoms. The minimum atomic E-state index is -0.676. The molecule has 0 radical (unpaired) electrons. The summed E-state index contributed by atoms with van der Waals surface area (Å²) in [5.41, 5.74) is 1.77. The van der Waals surface area contributed by atoms with Gasteiger partial charge in [0.05, 0.1) is 17.3 Å². The van der Waals surface area contributed by atoms with Crippen LogP contribution in [0.4, 0.5) is 0 Å². The number of nitrogens with one attached hydrogen (secondary N) is 1. The molecule has 2 heterocycles. The van der Waals surface area contributed by atoms with Crippen molar-refractivity contribution >= 4 is 11.6 Å². The number of aromatic nitrogens is 2. The van der Waals surface area contributed by atoms with Gasteiger partial charge < -0.3 is 19.9 Å². The zero-order valence-electron chi connectivity index (χ0n) is 12.3. The molecule has 22 heavy (non-hydrogen) atoms. The van der Waals surface area contributed by atoms with E-state index in [9.17, 15) is 5.11 Å². The molecule has 1 aliphatic rings. The van der Waals surface area contributed by atoms with E-state index in [0.717, 1.165) is 5.56 Å². The number of benzene rings is 1. The molecule has 0 fully saturated rings. The van der Waals surface area contributed by atoms with Crippen molar-refractivity contribution in [3.8, 4) is 11.5 Å². The van der Waals surface area contributed by atoms with Gasteiger partial charge in [-0.05, 0) is 17.7 Å². The van der Waals surface area contributed by atoms with Gasteiger partial charge in [0.25, 0.3) is 0 Å². The summed E-state index contributed by atoms with van der Waals surface area (Å²) in [4.78, 5) is 0. The van der Waals surface area contributed by atoms with E-state index in [1.54, 1.807) is 23.0 Å². The highest BCUT2D eigenvalue weighted by molar-refractivity contribution is 6.32. The number of nitrogens with zero attached hydrogens (tertiary/aromatic N) is 2. The second-order valence-electron chi connectivity index (χ2n) is 5.20. The van der Waals surface area contributed by atoms with Crippen LogP contribution in [0.2, 0.25) is 5.02 Å². The third-order valence-electron chi connectivity index (χ3n) is 3.43. The van der Waals surface area contributed by atoms with Gasteiger partial charge in [-0.2, -0.15) is 5.10 Å². The lowest BCUT2D eigenvalue weighted by atomic mass is 10.1. The molecule has 1 unspecified atom stereocenters. The van der Waals surface area contributed by atoms with Gasteiger partial charge in [-0.25, -0.2) is 0 Å². The van der Waals surface area contributed by atoms with Crippen molar-refractivity contribution < 1.29 is 14.6 Å². The lowest BCUT2D eigenvalue weighted by Gasteiger charge is -2.21. The number of hydrogen-bond acceptors (Lipinski definition) is 5. The zero-order chi connectivity index (χ0) is 15.5. The Morgan fingerprint density at radius 3 is 3.00 bits per heavy atom. The first-order valence-electron chi connectivity index (χ1n) is 7.09. The molecular formula is C15H18ClN3O3. The Bertz CT molecular complexity index is 659. The van der Waals surface area contributed by atoms with Gasteiger partial charge in [0.15, 0.2) is 11.5 Å². The number of hydrogen-bond donors (Lipinski definition) is 2. The van der Waals surface area contributed by atoms with E-state index >= 15 is 0 Å². The van der Waals surface area contributed by atoms with Crippen molar-refractivity contribution in [2.75, 3.05) is 19.8 Å². The maximum atomic E-state index is 10.3. The molecule has 2 aromatic rings. The van der Waals surface area contributed by atoms with Crippen LogP contribution in [0, 0.1) is 0 Å². The average molecular weight is 324 g/mol. The van der Waals surface area contributed by atoms with Gasteiger partial charge in [-0.3, -0.25) is 4.68 Å². The number of aryl methyl sites for hydroxylation is 1. The molecular weight excluding hydrogens is 306 g/mol. The molecule has 0 aliphatic carbocycles. The largest absolute Gasteiger partial charge is 0.486 e. The Labute approximate surface area is 133 Å². The van der Waals surface area contributed by atoms with Crippen molar-refractivity contribution in [1.82, 2.24) is 15.1 Å². The standard InChI is InChI=1S/C15H18ClN3O3/c1-19-9-10(7-18-19)6-17-8-13(20)11-4-12(16)15-14(5-11)21-2-3-22-15/h4-5,7,9,13,17,20H,2-3,6,8H2,1H3. The fourth-order valence-corrected chi connectivity index (χ4v) is 2.63. The van der Waals surface area contributed by atoms with Crippen LogP contribution in [0.15, 0.2) is 24.5 Å². The van der Waals surface area contributed by atoms with Crippen LogP contribution in [-0.4, -0.2) is 34.6 Å². The van der Waals surface area contributed by atoms with Crippen molar-refractivity contribution in [3.63, 3.8) is 0 Å². The van der Waals surface area contributed by atoms with Crippen LogP contribution in [0.3, 0.4) is 0 Å². The van der Waals surface area contributed by atoms with E-state index in [4.69, 9.17) is 21.1 Å². The summed E-state index contributed by atoms with van der Waals surface area (Å²) in [6, 6.07) is 3.49. The van der Waals surface area contributed by atoms with E-state index in [2.05, 4.69) is 10.4 Å². The maximum Gasteiger partial charge on any atom is 0.179 e. The number of ether oxygens (including phenoxy) is 2. The molecule has 3 rings (SSSR count). The van der Waals surface area contributed by atoms with Crippen LogP contribution in [0.1, 0.15) is 17.2 Å². The number of aliphatic hydroxyl groups is 1. The van der Waals surface area contributed by atoms with Crippen molar-refractivity contribution in [1.29, 1.82) is 0 Å². The predicted octanol–water partition coefficient (Wildman–Crippen LogP) is 1.67. The molecule has 6 nitrogen and oxygen atoms in total. The van der Waals surface area contributed by atoms with Gasteiger partial charge in [0.1, 0.15) is 13.2 Å². The lowest BCUT2D eigenvalue weighted by Crippen LogP contribution is -2.21. The SMILES string of the molecule is Cn1cc(CNCC(O)c2cc(Cl)c3c(c2)OCCO3)cn1. The summed E-state index contributed by atoms with van der Waals surface area (Å²) in [6.07, 6.45) is 3.05. The first-order valence-corrected chi connectivity index (χ1v) is 7.46. The second kappa shape index (κ2) is 6.56. The summed E-state index contributed by atoms with van der Waals surface area (Å²) < 4.78 is 12.7. The van der Waals surface area contributed by atoms with Crippen LogP contribution < -0.4 is 14.8 Å². The normalized spacial score (nSPS) is 14.9. The van der Waals surface area contributed by atoms with Crippen LogP contribution in [-0.2, 0) is 13.6 Å². The molecule has 0 amide bonds. The van der Waals surface area contributed by atoms with E-state index in [1.807, 2.05) is 13.2 Å². The van der Waals surface area contributed by atoms with Gasteiger partial charge >= 0.3 is 0 Å². The molecule has 118 valence electrons. The summed E-state index contributed by atoms with van der Waals surface area (Å²) >= 11 is 6.18. The highest BCUT2D eigenvalue weighted by Gasteiger charge is 2.19. The van der Waals surface area contributed by atoms with E-state index in [1.165, 1.54) is 0 Å². The molecule has 0 bridgehead atoms. The molecule has 1 atom stereocenters. The zero-order valence-corrected chi connectivity index (χ0v) is 13.0. The Hall–Kier alpha value is -1.76. The Balaban J connectivity index is 1.62. The number of rotatable bonds is 5. The highest BCUT2D eigenvalue weighted by atomic mass is 35.5. The van der Waals surface area contributed by atoms with Crippen LogP contribution >= 0.6 is 11.6 Å². The first kappa shape index (κ1) is 15.1. The van der Waals surface area contributed by atoms with Crippen molar-refractivity contribution in [3.05, 3.63) is 40.7 Å². The topological polar surface area (TPSA) is 68.5 Å². The van der Waals surface area contributed by atoms with E-state index in [-0.39, 0.29) is 0 Å². The minimum absolute atomic E-state index is 0.408. The third kappa shape index (κ3) is 3.35. The molecule has 0 saturated carbocycles. The highest BCUT2D eigenvalue weighted by Crippen LogP contribution is 2.39. The summed E-state index contributed by atoms with van der Waals surface area (Å²) in [7, 11) is 1.87. The number of aliphatic hydroxyl groups excluding tert-OH is 1. The number of fused-ring (bicyclic) bond motifs is 1. The van der Waals surface area contributed by atoms with Crippen LogP contribution in [0.25, 0.3) is 0 Å². The van der Waals surface area contributed by atoms with Gasteiger partial charge in [0.2, 0.25) is 0 Å². The van der Waals surface area contributed by atoms with Crippen molar-refractivity contribution in [2.24, 2.45) is 7.05 Å². The minimum Gasteiger partial charge on any atom is -0.486 e. The Kier molecular flexibility index (Phi) is 4.52. The van der Waals surface area contributed by atoms with Gasteiger partial charge in [-0.15, -0.1) is 0 Å². The Morgan fingerprint density at radius 2 is 2.23 bits per heavy atom. The second-order valence-corrected chi connectivity index (χ2v) is 5.60. The molecule has 1 aromatic carbocycles. The molecule has 1 aromatic heterocycles. The predicted molar refractivity (Wildman–Crippen MR) is 82.3 cm³/mol. The van der Waals surface area contributed by atoms with Gasteiger partial charge in [-0.1, -0.05) is 11.6 Å². The molecule has 0 saturated heterocycles. The number of halogens is 1. The summed E-state index contributed by atoms with van der Waals surface area (Å²) in [5, 5.41) is 18.0. The molecule has 7 heteroatoms. The maximum absolute atomic E-state index is 10.3. The first-order chi connectivity index (χ1) is 10.6. The smallest absolute Gasteiger partial charge is 0.179 e. The monoisotopic (exact) mass is 323 g/mol. The van der Waals surface area contributed by atoms with Crippen molar-refractivity contribution in [2.45, 2.75) is 12.6 Å². The molecule has 1 aliphatic heterocycles. The molecule has 2 N–H and O–H groups in total. The fourth-order valence-electron chi connectivity index (χ4n) is 2.36. The average Bonchev–Trinajstić information content (AvgIpc) is 2.92. The summed E-state index contributed by atoms with van der Waals surface area (Å²) in [5.74, 6) is 1.13. The fraction of sp³-hybridized carbons (Fsp3) is 0.400. The summed E-state index contributed by atoms with van der Waals surface area (Å²) in [6.45, 7) is 2.03. The van der Waals surface area contributed by atoms with Crippen LogP contribution in [0.5, 0.6) is 11.5 Å². The third-order valence-corrected chi connectivity index (χ3v) is 3.71. The van der Waals surface area contributed by atoms with Gasteiger partial charge in [0, 0.05) is 31.9 Å². The quantitative estimate of drug-likeness (QED) is 0.876. The Morgan fingerprint density at radius 1 is 1.41 bits per heavy atom. The van der Waals surface area contributed by atoms with E-state index < -0.39 is 6.10 Å². The van der Waals surface area contributed by atoms with E-state index in [0.29, 0.717) is 48.4 Å².